The number of hydrogen-bond acceptors (Lipinski definition) is 3. The van der Waals surface area contributed by atoms with Crippen LogP contribution < -0.4 is 0 Å². The second-order valence-corrected chi connectivity index (χ2v) is 6.93. The maximum atomic E-state index is 12.4. The monoisotopic (exact) mass is 330 g/mol. The van der Waals surface area contributed by atoms with Crippen LogP contribution in [0.4, 0.5) is 4.79 Å². The lowest BCUT2D eigenvalue weighted by molar-refractivity contribution is 0.00311. The Morgan fingerprint density at radius 3 is 2.41 bits per heavy atom. The van der Waals surface area contributed by atoms with Gasteiger partial charge in [-0.3, -0.25) is 4.90 Å². The lowest BCUT2D eigenvalue weighted by Crippen LogP contribution is -2.48. The number of unbranched alkanes of at least 4 members (excludes halogenated alkanes) is 2. The number of ether oxygens (including phenoxy) is 1. The van der Waals surface area contributed by atoms with E-state index in [9.17, 15) is 4.79 Å². The first-order chi connectivity index (χ1) is 10.1. The van der Waals surface area contributed by atoms with Crippen LogP contribution in [0, 0.1) is 0 Å². The van der Waals surface area contributed by atoms with Crippen molar-refractivity contribution in [2.24, 2.45) is 0 Å². The third kappa shape index (κ3) is 8.98. The molecular formula is C17H31ClN2O2. The Bertz CT molecular complexity index is 389. The molecule has 1 atom stereocenters. The van der Waals surface area contributed by atoms with Crippen LogP contribution in [0.1, 0.15) is 53.9 Å². The lowest BCUT2D eigenvalue weighted by Gasteiger charge is -2.36. The smallest absolute Gasteiger partial charge is 0.411 e. The Morgan fingerprint density at radius 1 is 1.36 bits per heavy atom. The highest BCUT2D eigenvalue weighted by Crippen LogP contribution is 2.15. The average molecular weight is 331 g/mol. The van der Waals surface area contributed by atoms with Crippen molar-refractivity contribution in [3.63, 3.8) is 0 Å². The molecule has 0 radical (unpaired) electrons. The maximum Gasteiger partial charge on any atom is 0.411 e. The van der Waals surface area contributed by atoms with Gasteiger partial charge in [-0.15, -0.1) is 0 Å². The van der Waals surface area contributed by atoms with E-state index in [0.29, 0.717) is 11.6 Å². The lowest BCUT2D eigenvalue weighted by atomic mass is 10.2. The predicted octanol–water partition coefficient (Wildman–Crippen LogP) is 4.96. The van der Waals surface area contributed by atoms with Crippen LogP contribution in [-0.4, -0.2) is 41.3 Å². The Morgan fingerprint density at radius 2 is 1.95 bits per heavy atom. The summed E-state index contributed by atoms with van der Waals surface area (Å²) in [5.74, 6) is 0. The summed E-state index contributed by atoms with van der Waals surface area (Å²) in [6, 6.07) is 0. The van der Waals surface area contributed by atoms with Gasteiger partial charge in [0.25, 0.3) is 0 Å². The molecule has 0 bridgehead atoms. The number of carbonyl (C=O) groups is 1. The van der Waals surface area contributed by atoms with Crippen molar-refractivity contribution >= 4 is 17.7 Å². The molecule has 0 aromatic heterocycles. The Balaban J connectivity index is 4.95. The first-order valence-corrected chi connectivity index (χ1v) is 8.20. The minimum Gasteiger partial charge on any atom is -0.444 e. The molecule has 0 aliphatic heterocycles. The molecule has 0 spiro atoms. The number of amides is 1. The molecule has 0 aliphatic carbocycles. The molecule has 0 aromatic carbocycles. The highest BCUT2D eigenvalue weighted by atomic mass is 35.5. The summed E-state index contributed by atoms with van der Waals surface area (Å²) in [5, 5.41) is 0.453. The van der Waals surface area contributed by atoms with E-state index in [1.165, 1.54) is 0 Å². The summed E-state index contributed by atoms with van der Waals surface area (Å²) >= 11 is 5.75. The van der Waals surface area contributed by atoms with Crippen LogP contribution in [0.5, 0.6) is 0 Å². The normalized spacial score (nSPS) is 13.0. The SMILES string of the molecule is C=C(Cl)/C=C\N(C)C(C)N(CCCCC)C(=O)OC(C)(C)C. The summed E-state index contributed by atoms with van der Waals surface area (Å²) in [5.41, 5.74) is -0.501. The molecule has 5 heteroatoms. The molecule has 128 valence electrons. The van der Waals surface area contributed by atoms with Gasteiger partial charge < -0.3 is 9.64 Å². The fraction of sp³-hybridized carbons (Fsp3) is 0.706. The highest BCUT2D eigenvalue weighted by Gasteiger charge is 2.26. The van der Waals surface area contributed by atoms with Gasteiger partial charge in [0.05, 0.1) is 0 Å². The molecule has 0 N–H and O–H groups in total. The number of halogens is 1. The minimum atomic E-state index is -0.501. The summed E-state index contributed by atoms with van der Waals surface area (Å²) in [6.45, 7) is 14.0. The Labute approximate surface area is 140 Å². The second kappa shape index (κ2) is 9.78. The van der Waals surface area contributed by atoms with Crippen molar-refractivity contribution < 1.29 is 9.53 Å². The van der Waals surface area contributed by atoms with Crippen molar-refractivity contribution in [1.29, 1.82) is 0 Å². The Hall–Kier alpha value is -1.16. The largest absolute Gasteiger partial charge is 0.444 e. The van der Waals surface area contributed by atoms with Crippen molar-refractivity contribution in [2.45, 2.75) is 65.6 Å². The zero-order valence-corrected chi connectivity index (χ0v) is 15.6. The van der Waals surface area contributed by atoms with Crippen LogP contribution in [0.25, 0.3) is 0 Å². The standard InChI is InChI=1S/C17H31ClN2O2/c1-8-9-10-12-20(16(21)22-17(4,5)6)15(3)19(7)13-11-14(2)18/h11,13,15H,2,8-10,12H2,1,3-7H3/b13-11-. The van der Waals surface area contributed by atoms with E-state index < -0.39 is 5.60 Å². The highest BCUT2D eigenvalue weighted by molar-refractivity contribution is 6.30. The van der Waals surface area contributed by atoms with Crippen molar-refractivity contribution in [3.05, 3.63) is 23.9 Å². The number of allylic oxidation sites excluding steroid dienone is 2. The minimum absolute atomic E-state index is 0.126. The van der Waals surface area contributed by atoms with Crippen molar-refractivity contribution in [1.82, 2.24) is 9.80 Å². The van der Waals surface area contributed by atoms with Gasteiger partial charge in [0, 0.05) is 24.8 Å². The second-order valence-electron chi connectivity index (χ2n) is 6.44. The quantitative estimate of drug-likeness (QED) is 0.358. The zero-order chi connectivity index (χ0) is 17.3. The van der Waals surface area contributed by atoms with E-state index in [1.807, 2.05) is 45.8 Å². The maximum absolute atomic E-state index is 12.4. The summed E-state index contributed by atoms with van der Waals surface area (Å²) in [4.78, 5) is 16.1. The van der Waals surface area contributed by atoms with Gasteiger partial charge in [-0.05, 0) is 40.2 Å². The van der Waals surface area contributed by atoms with E-state index in [0.717, 1.165) is 19.3 Å². The first-order valence-electron chi connectivity index (χ1n) is 7.82. The molecule has 4 nitrogen and oxygen atoms in total. The number of carbonyl (C=O) groups excluding carboxylic acids is 1. The van der Waals surface area contributed by atoms with Gasteiger partial charge in [-0.1, -0.05) is 37.9 Å². The molecule has 0 saturated carbocycles. The summed E-state index contributed by atoms with van der Waals surface area (Å²) in [6.07, 6.45) is 6.26. The molecule has 0 rings (SSSR count). The van der Waals surface area contributed by atoms with Gasteiger partial charge in [0.1, 0.15) is 11.8 Å². The molecule has 0 fully saturated rings. The van der Waals surface area contributed by atoms with Crippen LogP contribution in [0.3, 0.4) is 0 Å². The first kappa shape index (κ1) is 20.8. The fourth-order valence-electron chi connectivity index (χ4n) is 1.83. The van der Waals surface area contributed by atoms with Crippen molar-refractivity contribution in [2.75, 3.05) is 13.6 Å². The van der Waals surface area contributed by atoms with E-state index >= 15 is 0 Å². The molecule has 1 unspecified atom stereocenters. The molecular weight excluding hydrogens is 300 g/mol. The topological polar surface area (TPSA) is 32.8 Å². The van der Waals surface area contributed by atoms with E-state index in [4.69, 9.17) is 16.3 Å². The Kier molecular flexibility index (Phi) is 9.26. The predicted molar refractivity (Wildman–Crippen MR) is 93.8 cm³/mol. The average Bonchev–Trinajstić information content (AvgIpc) is 2.38. The summed E-state index contributed by atoms with van der Waals surface area (Å²) in [7, 11) is 1.90. The molecule has 0 aromatic rings. The van der Waals surface area contributed by atoms with Crippen LogP contribution in [-0.2, 0) is 4.74 Å². The molecule has 1 amide bonds. The van der Waals surface area contributed by atoms with Gasteiger partial charge in [-0.25, -0.2) is 4.79 Å². The van der Waals surface area contributed by atoms with Gasteiger partial charge in [0.15, 0.2) is 0 Å². The molecule has 0 saturated heterocycles. The van der Waals surface area contributed by atoms with Gasteiger partial charge in [0.2, 0.25) is 0 Å². The fourth-order valence-corrected chi connectivity index (χ4v) is 1.88. The van der Waals surface area contributed by atoms with Crippen LogP contribution in [0.15, 0.2) is 23.9 Å². The van der Waals surface area contributed by atoms with Crippen LogP contribution >= 0.6 is 11.6 Å². The summed E-state index contributed by atoms with van der Waals surface area (Å²) < 4.78 is 5.52. The van der Waals surface area contributed by atoms with E-state index in [1.54, 1.807) is 11.0 Å². The molecule has 0 aliphatic rings. The number of hydrogen-bond donors (Lipinski definition) is 0. The van der Waals surface area contributed by atoms with Crippen LogP contribution in [0.2, 0.25) is 0 Å². The number of nitrogens with zero attached hydrogens (tertiary/aromatic N) is 2. The third-order valence-corrected chi connectivity index (χ3v) is 3.29. The van der Waals surface area contributed by atoms with Gasteiger partial charge >= 0.3 is 6.09 Å². The van der Waals surface area contributed by atoms with E-state index in [-0.39, 0.29) is 12.3 Å². The van der Waals surface area contributed by atoms with Gasteiger partial charge in [-0.2, -0.15) is 0 Å². The third-order valence-electron chi connectivity index (χ3n) is 3.16. The van der Waals surface area contributed by atoms with E-state index in [2.05, 4.69) is 13.5 Å². The zero-order valence-electron chi connectivity index (χ0n) is 14.9. The molecule has 0 heterocycles. The molecule has 22 heavy (non-hydrogen) atoms. The van der Waals surface area contributed by atoms with Crippen molar-refractivity contribution in [3.8, 4) is 0 Å². The number of rotatable bonds is 8.